The number of aryl methyl sites for hydroxylation is 1. The van der Waals surface area contributed by atoms with Gasteiger partial charge in [-0.1, -0.05) is 29.8 Å². The zero-order chi connectivity index (χ0) is 17.3. The molecule has 0 saturated carbocycles. The van der Waals surface area contributed by atoms with Crippen LogP contribution in [0.3, 0.4) is 0 Å². The summed E-state index contributed by atoms with van der Waals surface area (Å²) in [5.74, 6) is 0.587. The van der Waals surface area contributed by atoms with Gasteiger partial charge in [-0.25, -0.2) is 4.79 Å². The van der Waals surface area contributed by atoms with Gasteiger partial charge in [-0.15, -0.1) is 0 Å². The molecule has 0 radical (unpaired) electrons. The van der Waals surface area contributed by atoms with Gasteiger partial charge in [-0.2, -0.15) is 0 Å². The van der Waals surface area contributed by atoms with Gasteiger partial charge in [0.05, 0.1) is 6.42 Å². The molecule has 3 aliphatic rings. The highest BCUT2D eigenvalue weighted by atomic mass is 16.2. The Labute approximate surface area is 144 Å². The van der Waals surface area contributed by atoms with Crippen LogP contribution in [-0.4, -0.2) is 66.4 Å². The van der Waals surface area contributed by atoms with Crippen LogP contribution in [0.4, 0.5) is 4.79 Å². The minimum absolute atomic E-state index is 0.0554. The van der Waals surface area contributed by atoms with Gasteiger partial charge in [0.25, 0.3) is 0 Å². The highest BCUT2D eigenvalue weighted by molar-refractivity contribution is 5.80. The molecular formula is C19H27N3O2. The summed E-state index contributed by atoms with van der Waals surface area (Å²) in [6, 6.07) is 8.36. The molecular weight excluding hydrogens is 302 g/mol. The molecule has 24 heavy (non-hydrogen) atoms. The molecule has 3 aliphatic heterocycles. The van der Waals surface area contributed by atoms with Crippen LogP contribution in [0.5, 0.6) is 0 Å². The Kier molecular flexibility index (Phi) is 4.78. The van der Waals surface area contributed by atoms with Crippen molar-refractivity contribution in [2.24, 2.45) is 5.92 Å². The van der Waals surface area contributed by atoms with Crippen molar-refractivity contribution in [1.29, 1.82) is 0 Å². The van der Waals surface area contributed by atoms with E-state index in [-0.39, 0.29) is 18.0 Å². The Hall–Kier alpha value is -2.04. The van der Waals surface area contributed by atoms with E-state index >= 15 is 0 Å². The third-order valence-electron chi connectivity index (χ3n) is 5.12. The lowest BCUT2D eigenvalue weighted by atomic mass is 9.94. The van der Waals surface area contributed by atoms with E-state index in [2.05, 4.69) is 6.07 Å². The lowest BCUT2D eigenvalue weighted by molar-refractivity contribution is -0.134. The zero-order valence-corrected chi connectivity index (χ0v) is 14.9. The number of urea groups is 1. The van der Waals surface area contributed by atoms with Crippen molar-refractivity contribution in [3.05, 3.63) is 35.4 Å². The van der Waals surface area contributed by atoms with Crippen molar-refractivity contribution in [3.63, 3.8) is 0 Å². The first-order valence-corrected chi connectivity index (χ1v) is 8.75. The molecule has 3 fully saturated rings. The average Bonchev–Trinajstić information content (AvgIpc) is 2.85. The maximum absolute atomic E-state index is 12.8. The van der Waals surface area contributed by atoms with Gasteiger partial charge in [0, 0.05) is 39.8 Å². The second kappa shape index (κ2) is 6.83. The number of carbonyl (C=O) groups is 2. The van der Waals surface area contributed by atoms with E-state index in [0.29, 0.717) is 18.9 Å². The van der Waals surface area contributed by atoms with Crippen molar-refractivity contribution in [1.82, 2.24) is 14.7 Å². The zero-order valence-electron chi connectivity index (χ0n) is 14.9. The van der Waals surface area contributed by atoms with Gasteiger partial charge in [-0.05, 0) is 31.2 Å². The number of piperidine rings is 1. The number of amides is 3. The third-order valence-corrected chi connectivity index (χ3v) is 5.12. The molecule has 2 atom stereocenters. The maximum atomic E-state index is 12.8. The molecule has 0 aromatic heterocycles. The molecule has 4 rings (SSSR count). The summed E-state index contributed by atoms with van der Waals surface area (Å²) >= 11 is 0. The second-order valence-electron chi connectivity index (χ2n) is 7.39. The standard InChI is InChI=1S/C19H27N3O2/c1-14-5-4-6-15(9-14)10-18(23)22-12-16-7-8-17(22)13-21(11-16)19(24)20(2)3/h4-6,9,16-17H,7-8,10-13H2,1-3H3/t16-,17+/m1/s1. The normalized spacial score (nSPS) is 23.1. The van der Waals surface area contributed by atoms with Crippen LogP contribution in [0.1, 0.15) is 24.0 Å². The number of nitrogens with zero attached hydrogens (tertiary/aromatic N) is 3. The molecule has 2 bridgehead atoms. The van der Waals surface area contributed by atoms with E-state index in [1.807, 2.05) is 34.9 Å². The van der Waals surface area contributed by atoms with Gasteiger partial charge in [0.2, 0.25) is 5.91 Å². The summed E-state index contributed by atoms with van der Waals surface area (Å²) in [6.45, 7) is 4.26. The smallest absolute Gasteiger partial charge is 0.319 e. The van der Waals surface area contributed by atoms with Crippen LogP contribution in [0.15, 0.2) is 24.3 Å². The van der Waals surface area contributed by atoms with Crippen LogP contribution in [0.2, 0.25) is 0 Å². The van der Waals surface area contributed by atoms with Crippen LogP contribution in [0.25, 0.3) is 0 Å². The highest BCUT2D eigenvalue weighted by Gasteiger charge is 2.38. The topological polar surface area (TPSA) is 43.9 Å². The Balaban J connectivity index is 1.71. The van der Waals surface area contributed by atoms with Gasteiger partial charge in [-0.3, -0.25) is 4.79 Å². The monoisotopic (exact) mass is 329 g/mol. The van der Waals surface area contributed by atoms with Gasteiger partial charge in [0.1, 0.15) is 0 Å². The van der Waals surface area contributed by atoms with Crippen molar-refractivity contribution < 1.29 is 9.59 Å². The Morgan fingerprint density at radius 2 is 1.96 bits per heavy atom. The Morgan fingerprint density at radius 1 is 1.17 bits per heavy atom. The third kappa shape index (κ3) is 3.55. The van der Waals surface area contributed by atoms with Crippen molar-refractivity contribution in [3.8, 4) is 0 Å². The fraction of sp³-hybridized carbons (Fsp3) is 0.579. The molecule has 3 heterocycles. The number of hydrogen-bond acceptors (Lipinski definition) is 2. The number of rotatable bonds is 2. The van der Waals surface area contributed by atoms with Gasteiger partial charge < -0.3 is 14.7 Å². The Morgan fingerprint density at radius 3 is 2.67 bits per heavy atom. The molecule has 3 amide bonds. The minimum atomic E-state index is 0.0554. The van der Waals surface area contributed by atoms with Gasteiger partial charge >= 0.3 is 6.03 Å². The number of benzene rings is 1. The fourth-order valence-corrected chi connectivity index (χ4v) is 3.92. The minimum Gasteiger partial charge on any atom is -0.337 e. The summed E-state index contributed by atoms with van der Waals surface area (Å²) < 4.78 is 0. The van der Waals surface area contributed by atoms with E-state index in [4.69, 9.17) is 0 Å². The SMILES string of the molecule is Cc1cccc(CC(=O)N2C[C@@H]3CC[C@H]2CN(C(=O)N(C)C)C3)c1. The lowest BCUT2D eigenvalue weighted by Crippen LogP contribution is -2.49. The van der Waals surface area contributed by atoms with E-state index in [1.54, 1.807) is 19.0 Å². The summed E-state index contributed by atoms with van der Waals surface area (Å²) in [5, 5.41) is 0. The highest BCUT2D eigenvalue weighted by Crippen LogP contribution is 2.29. The van der Waals surface area contributed by atoms with Crippen molar-refractivity contribution in [2.45, 2.75) is 32.2 Å². The first kappa shape index (κ1) is 16.8. The molecule has 1 aromatic carbocycles. The first-order chi connectivity index (χ1) is 11.4. The van der Waals surface area contributed by atoms with Crippen LogP contribution < -0.4 is 0 Å². The van der Waals surface area contributed by atoms with Crippen molar-refractivity contribution in [2.75, 3.05) is 33.7 Å². The fourth-order valence-electron chi connectivity index (χ4n) is 3.92. The van der Waals surface area contributed by atoms with Crippen LogP contribution in [0, 0.1) is 12.8 Å². The van der Waals surface area contributed by atoms with E-state index in [9.17, 15) is 9.59 Å². The predicted molar refractivity (Wildman–Crippen MR) is 93.8 cm³/mol. The lowest BCUT2D eigenvalue weighted by Gasteiger charge is -2.36. The van der Waals surface area contributed by atoms with Crippen molar-refractivity contribution >= 4 is 11.9 Å². The molecule has 0 N–H and O–H groups in total. The second-order valence-corrected chi connectivity index (χ2v) is 7.39. The van der Waals surface area contributed by atoms with Crippen LogP contribution >= 0.6 is 0 Å². The summed E-state index contributed by atoms with van der Waals surface area (Å²) in [7, 11) is 3.57. The summed E-state index contributed by atoms with van der Waals surface area (Å²) in [5.41, 5.74) is 2.25. The Bertz CT molecular complexity index is 629. The molecule has 5 heteroatoms. The predicted octanol–water partition coefficient (Wildman–Crippen LogP) is 2.14. The molecule has 130 valence electrons. The largest absolute Gasteiger partial charge is 0.337 e. The van der Waals surface area contributed by atoms with Gasteiger partial charge in [0.15, 0.2) is 0 Å². The molecule has 1 aromatic rings. The van der Waals surface area contributed by atoms with E-state index in [0.717, 1.165) is 31.5 Å². The number of fused-ring (bicyclic) bond motifs is 4. The quantitative estimate of drug-likeness (QED) is 0.834. The summed E-state index contributed by atoms with van der Waals surface area (Å²) in [6.07, 6.45) is 2.56. The average molecular weight is 329 g/mol. The molecule has 3 saturated heterocycles. The van der Waals surface area contributed by atoms with E-state index in [1.165, 1.54) is 5.56 Å². The number of hydrogen-bond donors (Lipinski definition) is 0. The molecule has 0 spiro atoms. The molecule has 0 unspecified atom stereocenters. The van der Waals surface area contributed by atoms with E-state index < -0.39 is 0 Å². The maximum Gasteiger partial charge on any atom is 0.319 e. The summed E-state index contributed by atoms with van der Waals surface area (Å²) in [4.78, 5) is 30.7. The molecule has 0 aliphatic carbocycles. The first-order valence-electron chi connectivity index (χ1n) is 8.75. The molecule has 5 nitrogen and oxygen atoms in total. The number of carbonyl (C=O) groups excluding carboxylic acids is 2. The van der Waals surface area contributed by atoms with Crippen LogP contribution in [-0.2, 0) is 11.2 Å².